The van der Waals surface area contributed by atoms with Crippen molar-refractivity contribution < 1.29 is 13.9 Å². The van der Waals surface area contributed by atoms with Gasteiger partial charge in [-0.2, -0.15) is 0 Å². The Morgan fingerprint density at radius 3 is 3.00 bits per heavy atom. The molecule has 0 bridgehead atoms. The molecule has 5 nitrogen and oxygen atoms in total. The van der Waals surface area contributed by atoms with Crippen molar-refractivity contribution in [2.24, 2.45) is 0 Å². The largest absolute Gasteiger partial charge is 0.463 e. The predicted octanol–water partition coefficient (Wildman–Crippen LogP) is 2.77. The number of halogens is 2. The molecule has 0 aliphatic rings. The van der Waals surface area contributed by atoms with Crippen molar-refractivity contribution in [3.63, 3.8) is 0 Å². The molecular weight excluding hydrogens is 285 g/mol. The van der Waals surface area contributed by atoms with Crippen molar-refractivity contribution in [1.82, 2.24) is 14.8 Å². The fraction of sp³-hybridized carbons (Fsp3) is 0.154. The average molecular weight is 296 g/mol. The summed E-state index contributed by atoms with van der Waals surface area (Å²) in [5, 5.41) is 4.34. The fourth-order valence-electron chi connectivity index (χ4n) is 1.49. The molecule has 0 saturated carbocycles. The topological polar surface area (TPSA) is 57.0 Å². The van der Waals surface area contributed by atoms with Crippen LogP contribution in [-0.4, -0.2) is 27.3 Å². The van der Waals surface area contributed by atoms with E-state index in [0.717, 1.165) is 0 Å². The molecule has 1 heterocycles. The van der Waals surface area contributed by atoms with E-state index in [2.05, 4.69) is 10.1 Å². The molecule has 0 amide bonds. The van der Waals surface area contributed by atoms with Crippen LogP contribution in [0.3, 0.4) is 0 Å². The molecule has 0 fully saturated rings. The molecular formula is C13H11ClFN3O2. The number of rotatable bonds is 4. The highest BCUT2D eigenvalue weighted by Crippen LogP contribution is 2.21. The Labute approximate surface area is 119 Å². The number of carbonyl (C=O) groups is 1. The van der Waals surface area contributed by atoms with Crippen LogP contribution in [0, 0.1) is 5.82 Å². The minimum atomic E-state index is -0.474. The second-order valence-corrected chi connectivity index (χ2v) is 4.21. The van der Waals surface area contributed by atoms with E-state index in [1.165, 1.54) is 35.4 Å². The number of hydrogen-bond donors (Lipinski definition) is 0. The average Bonchev–Trinajstić information content (AvgIpc) is 2.84. The molecule has 0 unspecified atom stereocenters. The number of benzene rings is 1. The van der Waals surface area contributed by atoms with E-state index in [4.69, 9.17) is 16.3 Å². The molecule has 7 heteroatoms. The van der Waals surface area contributed by atoms with Gasteiger partial charge in [-0.3, -0.25) is 0 Å². The van der Waals surface area contributed by atoms with E-state index in [1.54, 1.807) is 13.0 Å². The van der Waals surface area contributed by atoms with Gasteiger partial charge in [0.25, 0.3) is 0 Å². The fourth-order valence-corrected chi connectivity index (χ4v) is 1.71. The Kier molecular flexibility index (Phi) is 4.47. The summed E-state index contributed by atoms with van der Waals surface area (Å²) in [6, 6.07) is 4.03. The molecule has 0 saturated heterocycles. The van der Waals surface area contributed by atoms with E-state index < -0.39 is 11.8 Å². The Morgan fingerprint density at radius 2 is 2.30 bits per heavy atom. The molecule has 0 N–H and O–H groups in total. The standard InChI is InChI=1S/C13H11ClFN3O2/c1-2-20-12(19)3-4-18-8-16-13(17-18)9-5-10(14)7-11(15)6-9/h3-8H,2H2,1H3. The van der Waals surface area contributed by atoms with Crippen molar-refractivity contribution in [2.45, 2.75) is 6.92 Å². The number of nitrogens with zero attached hydrogens (tertiary/aromatic N) is 3. The summed E-state index contributed by atoms with van der Waals surface area (Å²) in [4.78, 5) is 15.2. The van der Waals surface area contributed by atoms with Crippen LogP contribution in [0.1, 0.15) is 6.92 Å². The van der Waals surface area contributed by atoms with Crippen LogP contribution in [0.15, 0.2) is 30.6 Å². The summed E-state index contributed by atoms with van der Waals surface area (Å²) in [7, 11) is 0. The first kappa shape index (κ1) is 14.2. The maximum absolute atomic E-state index is 13.2. The second-order valence-electron chi connectivity index (χ2n) is 3.77. The first-order valence-corrected chi connectivity index (χ1v) is 6.19. The Bertz CT molecular complexity index is 635. The van der Waals surface area contributed by atoms with Crippen LogP contribution in [0.4, 0.5) is 4.39 Å². The van der Waals surface area contributed by atoms with Crippen molar-refractivity contribution in [3.8, 4) is 11.4 Å². The highest BCUT2D eigenvalue weighted by atomic mass is 35.5. The molecule has 0 spiro atoms. The van der Waals surface area contributed by atoms with Crippen LogP contribution >= 0.6 is 11.6 Å². The van der Waals surface area contributed by atoms with Gasteiger partial charge in [-0.15, -0.1) is 5.10 Å². The molecule has 0 aliphatic carbocycles. The van der Waals surface area contributed by atoms with E-state index in [0.29, 0.717) is 18.0 Å². The summed E-state index contributed by atoms with van der Waals surface area (Å²) < 4.78 is 19.3. The zero-order valence-electron chi connectivity index (χ0n) is 10.6. The van der Waals surface area contributed by atoms with E-state index in [1.807, 2.05) is 0 Å². The van der Waals surface area contributed by atoms with E-state index >= 15 is 0 Å². The number of aromatic nitrogens is 3. The highest BCUT2D eigenvalue weighted by Gasteiger charge is 2.06. The molecule has 0 radical (unpaired) electrons. The first-order valence-electron chi connectivity index (χ1n) is 5.81. The van der Waals surface area contributed by atoms with Gasteiger partial charge < -0.3 is 4.74 Å². The van der Waals surface area contributed by atoms with Gasteiger partial charge >= 0.3 is 5.97 Å². The first-order chi connectivity index (χ1) is 9.58. The highest BCUT2D eigenvalue weighted by molar-refractivity contribution is 6.30. The third kappa shape index (κ3) is 3.64. The number of carbonyl (C=O) groups excluding carboxylic acids is 1. The lowest BCUT2D eigenvalue weighted by Crippen LogP contribution is -2.00. The van der Waals surface area contributed by atoms with Gasteiger partial charge in [0.2, 0.25) is 0 Å². The number of esters is 1. The third-order valence-electron chi connectivity index (χ3n) is 2.28. The molecule has 2 rings (SSSR count). The number of hydrogen-bond acceptors (Lipinski definition) is 4. The van der Waals surface area contributed by atoms with E-state index in [-0.39, 0.29) is 5.02 Å². The molecule has 0 aliphatic heterocycles. The Morgan fingerprint density at radius 1 is 1.50 bits per heavy atom. The normalized spacial score (nSPS) is 10.9. The van der Waals surface area contributed by atoms with Crippen molar-refractivity contribution in [1.29, 1.82) is 0 Å². The summed E-state index contributed by atoms with van der Waals surface area (Å²) in [5.41, 5.74) is 0.457. The molecule has 0 atom stereocenters. The lowest BCUT2D eigenvalue weighted by Gasteiger charge is -1.97. The van der Waals surface area contributed by atoms with Gasteiger partial charge in [-0.1, -0.05) is 11.6 Å². The zero-order valence-corrected chi connectivity index (χ0v) is 11.3. The van der Waals surface area contributed by atoms with Gasteiger partial charge in [0.05, 0.1) is 6.61 Å². The maximum atomic E-state index is 13.2. The summed E-state index contributed by atoms with van der Waals surface area (Å²) in [6.45, 7) is 2.01. The minimum absolute atomic E-state index is 0.262. The lowest BCUT2D eigenvalue weighted by atomic mass is 10.2. The molecule has 1 aromatic carbocycles. The van der Waals surface area contributed by atoms with Crippen LogP contribution in [0.2, 0.25) is 5.02 Å². The quantitative estimate of drug-likeness (QED) is 0.643. The predicted molar refractivity (Wildman–Crippen MR) is 72.4 cm³/mol. The Hall–Kier alpha value is -2.21. The van der Waals surface area contributed by atoms with Gasteiger partial charge in [0.1, 0.15) is 12.1 Å². The third-order valence-corrected chi connectivity index (χ3v) is 2.50. The second kappa shape index (κ2) is 6.29. The molecule has 104 valence electrons. The molecule has 2 aromatic rings. The van der Waals surface area contributed by atoms with Crippen molar-refractivity contribution >= 4 is 23.8 Å². The van der Waals surface area contributed by atoms with Crippen LogP contribution < -0.4 is 0 Å². The van der Waals surface area contributed by atoms with Gasteiger partial charge in [-0.05, 0) is 25.1 Å². The van der Waals surface area contributed by atoms with Crippen LogP contribution in [0.5, 0.6) is 0 Å². The summed E-state index contributed by atoms with van der Waals surface area (Å²) in [6.07, 6.45) is 4.01. The van der Waals surface area contributed by atoms with Crippen molar-refractivity contribution in [3.05, 3.63) is 41.4 Å². The minimum Gasteiger partial charge on any atom is -0.463 e. The summed E-state index contributed by atoms with van der Waals surface area (Å²) >= 11 is 5.77. The molecule has 1 aromatic heterocycles. The molecule has 20 heavy (non-hydrogen) atoms. The number of ether oxygens (including phenoxy) is 1. The zero-order chi connectivity index (χ0) is 14.5. The Balaban J connectivity index is 2.18. The van der Waals surface area contributed by atoms with E-state index in [9.17, 15) is 9.18 Å². The smallest absolute Gasteiger partial charge is 0.332 e. The maximum Gasteiger partial charge on any atom is 0.332 e. The van der Waals surface area contributed by atoms with Gasteiger partial charge in [0, 0.05) is 22.9 Å². The lowest BCUT2D eigenvalue weighted by molar-refractivity contribution is -0.137. The SMILES string of the molecule is CCOC(=O)C=Cn1cnc(-c2cc(F)cc(Cl)c2)n1. The van der Waals surface area contributed by atoms with Gasteiger partial charge in [-0.25, -0.2) is 18.9 Å². The van der Waals surface area contributed by atoms with Crippen LogP contribution in [0.25, 0.3) is 17.6 Å². The van der Waals surface area contributed by atoms with Gasteiger partial charge in [0.15, 0.2) is 5.82 Å². The summed E-state index contributed by atoms with van der Waals surface area (Å²) in [5.74, 6) is -0.635. The monoisotopic (exact) mass is 295 g/mol. The van der Waals surface area contributed by atoms with Crippen LogP contribution in [-0.2, 0) is 9.53 Å². The van der Waals surface area contributed by atoms with Crippen molar-refractivity contribution in [2.75, 3.05) is 6.61 Å².